The quantitative estimate of drug-likeness (QED) is 0.180. The van der Waals surface area contributed by atoms with Gasteiger partial charge in [0.05, 0.1) is 29.3 Å². The van der Waals surface area contributed by atoms with E-state index in [0.29, 0.717) is 34.1 Å². The van der Waals surface area contributed by atoms with Gasteiger partial charge in [-0.25, -0.2) is 4.98 Å². The van der Waals surface area contributed by atoms with Crippen molar-refractivity contribution in [3.63, 3.8) is 0 Å². The van der Waals surface area contributed by atoms with E-state index in [4.69, 9.17) is 0 Å². The molecule has 0 unspecified atom stereocenters. The van der Waals surface area contributed by atoms with Gasteiger partial charge >= 0.3 is 12.4 Å². The number of nitrogens with zero attached hydrogens (tertiary/aromatic N) is 5. The number of aromatic nitrogens is 1. The maximum Gasteiger partial charge on any atom is 0.416 e. The minimum Gasteiger partial charge on any atom is -0.354 e. The Bertz CT molecular complexity index is 1400. The van der Waals surface area contributed by atoms with Crippen LogP contribution >= 0.6 is 0 Å². The Hall–Kier alpha value is -3.67. The van der Waals surface area contributed by atoms with Crippen LogP contribution in [-0.2, 0) is 17.9 Å². The molecule has 220 valence electrons. The molecular weight excluding hydrogens is 548 g/mol. The zero-order chi connectivity index (χ0) is 30.3. The summed E-state index contributed by atoms with van der Waals surface area (Å²) in [6.07, 6.45) is -8.55. The van der Waals surface area contributed by atoms with Crippen LogP contribution < -0.4 is 9.91 Å². The summed E-state index contributed by atoms with van der Waals surface area (Å²) in [4.78, 5) is 23.1. The Balaban J connectivity index is 1.79. The molecule has 0 spiro atoms. The third kappa shape index (κ3) is 6.32. The first-order chi connectivity index (χ1) is 19.0. The number of likely N-dealkylation sites (N-methyl/N-ethyl adjacent to an activating group) is 1. The molecule has 1 saturated heterocycles. The van der Waals surface area contributed by atoms with Crippen LogP contribution in [0.5, 0.6) is 0 Å². The number of alkyl halides is 6. The van der Waals surface area contributed by atoms with Gasteiger partial charge in [-0.2, -0.15) is 26.3 Å². The lowest BCUT2D eigenvalue weighted by atomic mass is 9.91. The molecule has 1 aliphatic rings. The number of pyridine rings is 1. The van der Waals surface area contributed by atoms with Crippen LogP contribution in [0.15, 0.2) is 54.7 Å². The molecule has 1 aromatic heterocycles. The van der Waals surface area contributed by atoms with Crippen molar-refractivity contribution in [3.8, 4) is 11.1 Å². The van der Waals surface area contributed by atoms with Gasteiger partial charge in [0.15, 0.2) is 0 Å². The van der Waals surface area contributed by atoms with E-state index in [1.807, 2.05) is 44.3 Å². The summed E-state index contributed by atoms with van der Waals surface area (Å²) in [6.45, 7) is 7.69. The Morgan fingerprint density at radius 1 is 0.829 bits per heavy atom. The Labute approximate surface area is 234 Å². The summed E-state index contributed by atoms with van der Waals surface area (Å²) in [6, 6.07) is 10.6. The summed E-state index contributed by atoms with van der Waals surface area (Å²) >= 11 is 0. The van der Waals surface area contributed by atoms with E-state index in [1.165, 1.54) is 32.1 Å². The van der Waals surface area contributed by atoms with Crippen LogP contribution in [-0.4, -0.2) is 55.0 Å². The molecule has 0 N–H and O–H groups in total. The molecule has 4 rings (SSSR count). The highest BCUT2D eigenvalue weighted by Gasteiger charge is 2.46. The Kier molecular flexibility index (Phi) is 8.10. The van der Waals surface area contributed by atoms with Crippen LogP contribution in [0.1, 0.15) is 36.1 Å². The second-order valence-electron chi connectivity index (χ2n) is 10.8. The summed E-state index contributed by atoms with van der Waals surface area (Å²) in [5.74, 6) is 0.706. The van der Waals surface area contributed by atoms with Gasteiger partial charge in [0.25, 0.3) is 5.54 Å². The molecule has 0 atom stereocenters. The molecule has 2 aromatic carbocycles. The van der Waals surface area contributed by atoms with E-state index < -0.39 is 34.6 Å². The summed E-state index contributed by atoms with van der Waals surface area (Å²) in [7, 11) is 3.45. The fraction of sp³-hybridized carbons (Fsp3) is 0.414. The molecule has 0 amide bonds. The lowest BCUT2D eigenvalue weighted by molar-refractivity contribution is -0.637. The van der Waals surface area contributed by atoms with E-state index in [2.05, 4.69) is 14.8 Å². The van der Waals surface area contributed by atoms with Crippen LogP contribution in [0.4, 0.5) is 37.8 Å². The van der Waals surface area contributed by atoms with Crippen molar-refractivity contribution >= 4 is 11.5 Å². The van der Waals surface area contributed by atoms with E-state index in [-0.39, 0.29) is 6.07 Å². The standard InChI is InChI=1S/C29H32F6N5O/c1-19-8-6-7-9-23(19)24-17-26(39-12-10-37(4)11-13-39)36-18-25(24)38(5)40(41)27(2,3)20-14-21(28(30,31)32)16-22(15-20)29(33,34)35/h6-9,14-18H,10-13H2,1-5H3/q+1. The fourth-order valence-electron chi connectivity index (χ4n) is 4.89. The largest absolute Gasteiger partial charge is 0.416 e. The van der Waals surface area contributed by atoms with Crippen molar-refractivity contribution in [1.82, 2.24) is 9.88 Å². The van der Waals surface area contributed by atoms with Crippen molar-refractivity contribution in [2.24, 2.45) is 0 Å². The van der Waals surface area contributed by atoms with Crippen molar-refractivity contribution in [3.05, 3.63) is 81.9 Å². The van der Waals surface area contributed by atoms with Gasteiger partial charge in [0.1, 0.15) is 16.4 Å². The summed E-state index contributed by atoms with van der Waals surface area (Å²) < 4.78 is 81.3. The topological polar surface area (TPSA) is 42.7 Å². The number of halogens is 6. The molecular formula is C29H32F6N5O+. The number of anilines is 2. The van der Waals surface area contributed by atoms with E-state index in [0.717, 1.165) is 37.3 Å². The molecule has 0 saturated carbocycles. The molecule has 2 heterocycles. The lowest BCUT2D eigenvalue weighted by Crippen LogP contribution is -2.45. The van der Waals surface area contributed by atoms with Gasteiger partial charge < -0.3 is 9.80 Å². The number of rotatable bonds is 6. The summed E-state index contributed by atoms with van der Waals surface area (Å²) in [5.41, 5.74) is -2.47. The van der Waals surface area contributed by atoms with Gasteiger partial charge in [-0.3, -0.25) is 0 Å². The maximum atomic E-state index is 13.8. The molecule has 0 aliphatic carbocycles. The number of hydrazine groups is 1. The maximum absolute atomic E-state index is 13.8. The molecule has 3 aromatic rings. The predicted octanol–water partition coefficient (Wildman–Crippen LogP) is 6.91. The number of hydrogen-bond donors (Lipinski definition) is 0. The number of nitroso groups, excluding NO2 is 1. The van der Waals surface area contributed by atoms with Crippen LogP contribution in [0.2, 0.25) is 0 Å². The number of aryl methyl sites for hydroxylation is 1. The smallest absolute Gasteiger partial charge is 0.354 e. The zero-order valence-electron chi connectivity index (χ0n) is 23.4. The van der Waals surface area contributed by atoms with Crippen molar-refractivity contribution in [1.29, 1.82) is 0 Å². The van der Waals surface area contributed by atoms with Crippen LogP contribution in [0.3, 0.4) is 0 Å². The first-order valence-electron chi connectivity index (χ1n) is 13.0. The monoisotopic (exact) mass is 580 g/mol. The number of benzene rings is 2. The molecule has 1 fully saturated rings. The average molecular weight is 581 g/mol. The average Bonchev–Trinajstić information content (AvgIpc) is 2.91. The first-order valence-corrected chi connectivity index (χ1v) is 13.0. The Morgan fingerprint density at radius 2 is 1.37 bits per heavy atom. The van der Waals surface area contributed by atoms with Crippen LogP contribution in [0, 0.1) is 11.8 Å². The normalized spacial score (nSPS) is 15.2. The number of piperazine rings is 1. The molecule has 1 aliphatic heterocycles. The third-order valence-electron chi connectivity index (χ3n) is 7.52. The minimum absolute atomic E-state index is 0.0513. The lowest BCUT2D eigenvalue weighted by Gasteiger charge is -2.33. The highest BCUT2D eigenvalue weighted by Crippen LogP contribution is 2.41. The van der Waals surface area contributed by atoms with Crippen molar-refractivity contribution in [2.45, 2.75) is 38.7 Å². The van der Waals surface area contributed by atoms with Gasteiger partial charge in [0.2, 0.25) is 0 Å². The predicted molar refractivity (Wildman–Crippen MR) is 146 cm³/mol. The van der Waals surface area contributed by atoms with Gasteiger partial charge in [-0.05, 0) is 49.4 Å². The van der Waals surface area contributed by atoms with Gasteiger partial charge in [-0.15, -0.1) is 5.01 Å². The highest BCUT2D eigenvalue weighted by molar-refractivity contribution is 5.81. The van der Waals surface area contributed by atoms with E-state index in [1.54, 1.807) is 0 Å². The molecule has 0 radical (unpaired) electrons. The second kappa shape index (κ2) is 11.0. The third-order valence-corrected chi connectivity index (χ3v) is 7.52. The van der Waals surface area contributed by atoms with Gasteiger partial charge in [0, 0.05) is 51.2 Å². The number of hydrogen-bond acceptors (Lipinski definition) is 4. The first kappa shape index (κ1) is 30.3. The molecule has 6 nitrogen and oxygen atoms in total. The SMILES string of the molecule is Cc1ccccc1-c1cc(N2CCN(C)CC2)ncc1N(C)[N+](=O)C(C)(C)c1cc(C(F)(F)F)cc(C(F)(F)F)c1. The van der Waals surface area contributed by atoms with Crippen molar-refractivity contribution in [2.75, 3.05) is 50.2 Å². The Morgan fingerprint density at radius 3 is 1.90 bits per heavy atom. The summed E-state index contributed by atoms with van der Waals surface area (Å²) in [5, 5.41) is 1.18. The molecule has 41 heavy (non-hydrogen) atoms. The fourth-order valence-corrected chi connectivity index (χ4v) is 4.89. The second-order valence-corrected chi connectivity index (χ2v) is 10.8. The highest BCUT2D eigenvalue weighted by atomic mass is 19.4. The van der Waals surface area contributed by atoms with E-state index >= 15 is 0 Å². The molecule has 12 heteroatoms. The zero-order valence-corrected chi connectivity index (χ0v) is 23.4. The van der Waals surface area contributed by atoms with E-state index in [9.17, 15) is 31.2 Å². The van der Waals surface area contributed by atoms with Gasteiger partial charge in [-0.1, -0.05) is 24.3 Å². The molecule has 0 bridgehead atoms. The van der Waals surface area contributed by atoms with Crippen LogP contribution in [0.25, 0.3) is 11.1 Å². The van der Waals surface area contributed by atoms with Crippen molar-refractivity contribution < 1.29 is 31.2 Å². The minimum atomic E-state index is -5.03.